The number of halogens is 1. The van der Waals surface area contributed by atoms with Gasteiger partial charge in [0.25, 0.3) is 0 Å². The van der Waals surface area contributed by atoms with E-state index in [9.17, 15) is 0 Å². The molecule has 1 aliphatic carbocycles. The molecule has 1 unspecified atom stereocenters. The lowest BCUT2D eigenvalue weighted by molar-refractivity contribution is 0.270. The van der Waals surface area contributed by atoms with Crippen LogP contribution in [0.25, 0.3) is 0 Å². The Hall–Kier alpha value is -1.22. The van der Waals surface area contributed by atoms with E-state index < -0.39 is 0 Å². The van der Waals surface area contributed by atoms with Crippen molar-refractivity contribution >= 4 is 29.9 Å². The van der Waals surface area contributed by atoms with E-state index in [0.29, 0.717) is 6.04 Å². The van der Waals surface area contributed by atoms with Crippen LogP contribution in [0.3, 0.4) is 0 Å². The summed E-state index contributed by atoms with van der Waals surface area (Å²) in [5.74, 6) is 3.32. The highest BCUT2D eigenvalue weighted by atomic mass is 127. The lowest BCUT2D eigenvalue weighted by Gasteiger charge is -2.25. The maximum absolute atomic E-state index is 5.41. The molecule has 1 N–H and O–H groups in total. The molecule has 0 radical (unpaired) electrons. The second-order valence-corrected chi connectivity index (χ2v) is 7.42. The molecular formula is C21H37IN4O2. The van der Waals surface area contributed by atoms with Gasteiger partial charge in [-0.2, -0.15) is 0 Å². The summed E-state index contributed by atoms with van der Waals surface area (Å²) >= 11 is 0. The molecule has 7 heteroatoms. The normalized spacial score (nSPS) is 15.0. The number of ether oxygens (including phenoxy) is 2. The van der Waals surface area contributed by atoms with Crippen LogP contribution in [0.5, 0.6) is 11.5 Å². The van der Waals surface area contributed by atoms with E-state index in [1.54, 1.807) is 14.2 Å². The minimum absolute atomic E-state index is 0. The molecule has 0 aliphatic heterocycles. The lowest BCUT2D eigenvalue weighted by atomic mass is 10.1. The predicted octanol–water partition coefficient (Wildman–Crippen LogP) is 3.10. The van der Waals surface area contributed by atoms with Gasteiger partial charge in [0, 0.05) is 26.2 Å². The van der Waals surface area contributed by atoms with Gasteiger partial charge in [-0.3, -0.25) is 4.99 Å². The molecule has 1 aromatic carbocycles. The van der Waals surface area contributed by atoms with E-state index in [-0.39, 0.29) is 24.0 Å². The number of nitrogens with one attached hydrogen (secondary N) is 1. The Morgan fingerprint density at radius 2 is 1.86 bits per heavy atom. The molecule has 1 atom stereocenters. The summed E-state index contributed by atoms with van der Waals surface area (Å²) in [4.78, 5) is 9.44. The van der Waals surface area contributed by atoms with Gasteiger partial charge in [0.2, 0.25) is 0 Å². The third-order valence-electron chi connectivity index (χ3n) is 5.14. The second-order valence-electron chi connectivity index (χ2n) is 7.42. The molecule has 28 heavy (non-hydrogen) atoms. The Morgan fingerprint density at radius 3 is 2.39 bits per heavy atom. The van der Waals surface area contributed by atoms with E-state index >= 15 is 0 Å². The number of guanidine groups is 1. The highest BCUT2D eigenvalue weighted by Gasteiger charge is 2.32. The topological polar surface area (TPSA) is 49.3 Å². The smallest absolute Gasteiger partial charge is 0.193 e. The van der Waals surface area contributed by atoms with Crippen LogP contribution >= 0.6 is 24.0 Å². The fourth-order valence-corrected chi connectivity index (χ4v) is 3.30. The number of nitrogens with zero attached hydrogens (tertiary/aromatic N) is 3. The van der Waals surface area contributed by atoms with Gasteiger partial charge in [0.1, 0.15) is 0 Å². The molecule has 0 bridgehead atoms. The van der Waals surface area contributed by atoms with Gasteiger partial charge in [-0.05, 0) is 63.9 Å². The van der Waals surface area contributed by atoms with Crippen LogP contribution in [0.15, 0.2) is 23.2 Å². The fraction of sp³-hybridized carbons (Fsp3) is 0.667. The largest absolute Gasteiger partial charge is 0.493 e. The van der Waals surface area contributed by atoms with Gasteiger partial charge < -0.3 is 24.6 Å². The highest BCUT2D eigenvalue weighted by molar-refractivity contribution is 14.0. The average Bonchev–Trinajstić information content (AvgIpc) is 3.49. The highest BCUT2D eigenvalue weighted by Crippen LogP contribution is 2.34. The Kier molecular flexibility index (Phi) is 11.0. The molecular weight excluding hydrogens is 467 g/mol. The van der Waals surface area contributed by atoms with Gasteiger partial charge >= 0.3 is 0 Å². The van der Waals surface area contributed by atoms with Crippen molar-refractivity contribution in [1.29, 1.82) is 0 Å². The molecule has 0 spiro atoms. The first-order valence-electron chi connectivity index (χ1n) is 9.86. The SMILES string of the molecule is CCNC(=NCC(C1CC1)N(C)C)N(C)CCc1ccc(OC)c(OC)c1.I. The van der Waals surface area contributed by atoms with Crippen molar-refractivity contribution in [3.8, 4) is 11.5 Å². The number of rotatable bonds is 10. The first-order valence-corrected chi connectivity index (χ1v) is 9.86. The van der Waals surface area contributed by atoms with Gasteiger partial charge in [-0.15, -0.1) is 24.0 Å². The number of likely N-dealkylation sites (N-methyl/N-ethyl adjacent to an activating group) is 2. The lowest BCUT2D eigenvalue weighted by Crippen LogP contribution is -2.41. The van der Waals surface area contributed by atoms with E-state index in [1.165, 1.54) is 18.4 Å². The van der Waals surface area contributed by atoms with Crippen LogP contribution in [0.4, 0.5) is 0 Å². The number of aliphatic imine (C=N–C) groups is 1. The van der Waals surface area contributed by atoms with Crippen LogP contribution in [-0.4, -0.2) is 76.8 Å². The molecule has 0 saturated heterocycles. The van der Waals surface area contributed by atoms with Gasteiger partial charge in [-0.1, -0.05) is 6.07 Å². The Balaban J connectivity index is 0.00000392. The molecule has 1 fully saturated rings. The maximum atomic E-state index is 5.41. The van der Waals surface area contributed by atoms with Crippen molar-refractivity contribution in [2.45, 2.75) is 32.2 Å². The van der Waals surface area contributed by atoms with Crippen LogP contribution in [0.2, 0.25) is 0 Å². The van der Waals surface area contributed by atoms with Gasteiger partial charge in [0.05, 0.1) is 20.8 Å². The standard InChI is InChI=1S/C21H36N4O2.HI/c1-7-22-21(23-15-18(24(2)3)17-9-10-17)25(4)13-12-16-8-11-19(26-5)20(14-16)27-6;/h8,11,14,17-18H,7,9-10,12-13,15H2,1-6H3,(H,22,23);1H. The van der Waals surface area contributed by atoms with Crippen LogP contribution in [0.1, 0.15) is 25.3 Å². The monoisotopic (exact) mass is 504 g/mol. The minimum Gasteiger partial charge on any atom is -0.493 e. The van der Waals surface area contributed by atoms with E-state index in [0.717, 1.165) is 49.4 Å². The van der Waals surface area contributed by atoms with Gasteiger partial charge in [0.15, 0.2) is 17.5 Å². The quantitative estimate of drug-likeness (QED) is 0.302. The maximum Gasteiger partial charge on any atom is 0.193 e. The summed E-state index contributed by atoms with van der Waals surface area (Å²) in [6.07, 6.45) is 3.59. The zero-order valence-electron chi connectivity index (χ0n) is 18.2. The number of hydrogen-bond acceptors (Lipinski definition) is 4. The average molecular weight is 504 g/mol. The van der Waals surface area contributed by atoms with Crippen molar-refractivity contribution in [3.63, 3.8) is 0 Å². The van der Waals surface area contributed by atoms with Crippen LogP contribution in [-0.2, 0) is 6.42 Å². The summed E-state index contributed by atoms with van der Waals surface area (Å²) in [6.45, 7) is 4.72. The summed E-state index contributed by atoms with van der Waals surface area (Å²) in [5, 5.41) is 3.43. The summed E-state index contributed by atoms with van der Waals surface area (Å²) in [7, 11) is 9.75. The van der Waals surface area contributed by atoms with Crippen molar-refractivity contribution < 1.29 is 9.47 Å². The third kappa shape index (κ3) is 7.31. The summed E-state index contributed by atoms with van der Waals surface area (Å²) in [5.41, 5.74) is 1.22. The molecule has 0 amide bonds. The van der Waals surface area contributed by atoms with Crippen molar-refractivity contribution in [2.75, 3.05) is 55.0 Å². The Morgan fingerprint density at radius 1 is 1.18 bits per heavy atom. The number of hydrogen-bond donors (Lipinski definition) is 1. The van der Waals surface area contributed by atoms with Gasteiger partial charge in [-0.25, -0.2) is 0 Å². The molecule has 2 rings (SSSR count). The van der Waals surface area contributed by atoms with Crippen molar-refractivity contribution in [3.05, 3.63) is 23.8 Å². The van der Waals surface area contributed by atoms with Crippen LogP contribution in [0, 0.1) is 5.92 Å². The summed E-state index contributed by atoms with van der Waals surface area (Å²) in [6, 6.07) is 6.64. The molecule has 0 aromatic heterocycles. The fourth-order valence-electron chi connectivity index (χ4n) is 3.30. The van der Waals surface area contributed by atoms with E-state index in [4.69, 9.17) is 14.5 Å². The molecule has 6 nitrogen and oxygen atoms in total. The van der Waals surface area contributed by atoms with Crippen molar-refractivity contribution in [2.24, 2.45) is 10.9 Å². The van der Waals surface area contributed by atoms with E-state index in [2.05, 4.69) is 49.2 Å². The molecule has 1 aliphatic rings. The third-order valence-corrected chi connectivity index (χ3v) is 5.14. The molecule has 1 saturated carbocycles. The first kappa shape index (κ1) is 24.8. The Labute approximate surface area is 187 Å². The number of methoxy groups -OCH3 is 2. The molecule has 1 aromatic rings. The Bertz CT molecular complexity index is 618. The van der Waals surface area contributed by atoms with Crippen molar-refractivity contribution in [1.82, 2.24) is 15.1 Å². The first-order chi connectivity index (χ1) is 13.0. The second kappa shape index (κ2) is 12.4. The van der Waals surface area contributed by atoms with Crippen LogP contribution < -0.4 is 14.8 Å². The van der Waals surface area contributed by atoms with E-state index in [1.807, 2.05) is 12.1 Å². The summed E-state index contributed by atoms with van der Waals surface area (Å²) < 4.78 is 10.7. The molecule has 0 heterocycles. The minimum atomic E-state index is 0. The molecule has 160 valence electrons. The predicted molar refractivity (Wildman–Crippen MR) is 127 cm³/mol. The number of benzene rings is 1. The zero-order valence-corrected chi connectivity index (χ0v) is 20.5. The zero-order chi connectivity index (χ0) is 19.8.